The third kappa shape index (κ3) is 5.43. The average molecular weight is 293 g/mol. The molecule has 0 spiro atoms. The minimum absolute atomic E-state index is 0.202. The van der Waals surface area contributed by atoms with E-state index >= 15 is 0 Å². The van der Waals surface area contributed by atoms with Crippen LogP contribution in [0.5, 0.6) is 5.75 Å². The number of hydrogen-bond donors (Lipinski definition) is 3. The van der Waals surface area contributed by atoms with Gasteiger partial charge in [0.2, 0.25) is 0 Å². The zero-order valence-corrected chi connectivity index (χ0v) is 12.9. The van der Waals surface area contributed by atoms with Crippen molar-refractivity contribution in [2.45, 2.75) is 32.9 Å². The van der Waals surface area contributed by atoms with Crippen LogP contribution in [0, 0.1) is 0 Å². The lowest BCUT2D eigenvalue weighted by Gasteiger charge is -2.17. The third-order valence-corrected chi connectivity index (χ3v) is 3.01. The second-order valence-electron chi connectivity index (χ2n) is 4.68. The molecule has 6 heteroatoms. The highest BCUT2D eigenvalue weighted by Gasteiger charge is 2.17. The van der Waals surface area contributed by atoms with E-state index in [0.29, 0.717) is 5.75 Å². The maximum absolute atomic E-state index is 11.7. The van der Waals surface area contributed by atoms with Gasteiger partial charge >= 0.3 is 6.03 Å². The molecular formula is C15H23N3O3. The second kappa shape index (κ2) is 8.26. The van der Waals surface area contributed by atoms with Gasteiger partial charge in [0.15, 0.2) is 6.10 Å². The normalized spacial score (nSPS) is 13.1. The van der Waals surface area contributed by atoms with E-state index in [4.69, 9.17) is 4.74 Å². The number of nitrogens with one attached hydrogen (secondary N) is 3. The molecule has 0 saturated heterocycles. The predicted octanol–water partition coefficient (Wildman–Crippen LogP) is 1.58. The fourth-order valence-corrected chi connectivity index (χ4v) is 1.81. The predicted molar refractivity (Wildman–Crippen MR) is 81.2 cm³/mol. The summed E-state index contributed by atoms with van der Waals surface area (Å²) < 4.78 is 5.57. The molecule has 0 fully saturated rings. The topological polar surface area (TPSA) is 79.5 Å². The van der Waals surface area contributed by atoms with Crippen molar-refractivity contribution in [3.05, 3.63) is 29.8 Å². The van der Waals surface area contributed by atoms with Crippen molar-refractivity contribution in [3.8, 4) is 5.75 Å². The quantitative estimate of drug-likeness (QED) is 0.744. The van der Waals surface area contributed by atoms with Crippen LogP contribution in [0.2, 0.25) is 0 Å². The summed E-state index contributed by atoms with van der Waals surface area (Å²) in [6.07, 6.45) is -0.757. The number of amides is 3. The van der Waals surface area contributed by atoms with Gasteiger partial charge in [-0.15, -0.1) is 0 Å². The Hall–Kier alpha value is -2.08. The Labute approximate surface area is 125 Å². The van der Waals surface area contributed by atoms with Crippen LogP contribution in [-0.4, -0.2) is 31.6 Å². The van der Waals surface area contributed by atoms with Crippen molar-refractivity contribution >= 4 is 11.9 Å². The number of imide groups is 1. The van der Waals surface area contributed by atoms with Crippen molar-refractivity contribution in [2.24, 2.45) is 0 Å². The zero-order chi connectivity index (χ0) is 15.8. The number of benzene rings is 1. The van der Waals surface area contributed by atoms with Gasteiger partial charge in [-0.2, -0.15) is 0 Å². The second-order valence-corrected chi connectivity index (χ2v) is 4.68. The molecule has 0 aliphatic heterocycles. The monoisotopic (exact) mass is 293 g/mol. The van der Waals surface area contributed by atoms with Crippen LogP contribution < -0.4 is 20.7 Å². The summed E-state index contributed by atoms with van der Waals surface area (Å²) >= 11 is 0. The molecule has 0 aromatic heterocycles. The lowest BCUT2D eigenvalue weighted by molar-refractivity contribution is -0.126. The molecule has 2 atom stereocenters. The first kappa shape index (κ1) is 17.0. The van der Waals surface area contributed by atoms with Crippen molar-refractivity contribution in [1.82, 2.24) is 16.0 Å². The Bertz CT molecular complexity index is 491. The summed E-state index contributed by atoms with van der Waals surface area (Å²) in [5, 5.41) is 7.81. The Morgan fingerprint density at radius 1 is 1.29 bits per heavy atom. The summed E-state index contributed by atoms with van der Waals surface area (Å²) in [5.41, 5.74) is 1.08. The lowest BCUT2D eigenvalue weighted by atomic mass is 10.1. The first-order valence-corrected chi connectivity index (χ1v) is 7.00. The van der Waals surface area contributed by atoms with E-state index in [0.717, 1.165) is 12.1 Å². The van der Waals surface area contributed by atoms with Gasteiger partial charge in [0.1, 0.15) is 5.75 Å². The molecule has 21 heavy (non-hydrogen) atoms. The Morgan fingerprint density at radius 2 is 2.00 bits per heavy atom. The molecule has 3 N–H and O–H groups in total. The largest absolute Gasteiger partial charge is 0.481 e. The Balaban J connectivity index is 2.67. The number of rotatable bonds is 6. The number of carbonyl (C=O) groups is 2. The van der Waals surface area contributed by atoms with Crippen molar-refractivity contribution in [1.29, 1.82) is 0 Å². The molecule has 116 valence electrons. The van der Waals surface area contributed by atoms with Gasteiger partial charge in [0.05, 0.1) is 0 Å². The van der Waals surface area contributed by atoms with E-state index in [9.17, 15) is 9.59 Å². The van der Waals surface area contributed by atoms with E-state index in [1.807, 2.05) is 25.1 Å². The van der Waals surface area contributed by atoms with Crippen molar-refractivity contribution < 1.29 is 14.3 Å². The Kier molecular flexibility index (Phi) is 6.68. The van der Waals surface area contributed by atoms with Crippen LogP contribution in [0.25, 0.3) is 0 Å². The van der Waals surface area contributed by atoms with Gasteiger partial charge in [-0.3, -0.25) is 10.1 Å². The van der Waals surface area contributed by atoms with E-state index in [2.05, 4.69) is 22.9 Å². The van der Waals surface area contributed by atoms with Crippen molar-refractivity contribution in [3.63, 3.8) is 0 Å². The van der Waals surface area contributed by atoms with Crippen LogP contribution in [-0.2, 0) is 4.79 Å². The maximum Gasteiger partial charge on any atom is 0.321 e. The SMILES string of the molecule is CCNC(C)c1cccc(OC(C)C(=O)NC(=O)NC)c1. The molecule has 1 aromatic carbocycles. The molecule has 0 aliphatic carbocycles. The third-order valence-electron chi connectivity index (χ3n) is 3.01. The number of ether oxygens (including phenoxy) is 1. The lowest BCUT2D eigenvalue weighted by Crippen LogP contribution is -2.43. The van der Waals surface area contributed by atoms with Gasteiger partial charge in [-0.1, -0.05) is 19.1 Å². The van der Waals surface area contributed by atoms with Crippen LogP contribution >= 0.6 is 0 Å². The van der Waals surface area contributed by atoms with Crippen LogP contribution in [0.15, 0.2) is 24.3 Å². The summed E-state index contributed by atoms with van der Waals surface area (Å²) in [4.78, 5) is 22.8. The van der Waals surface area contributed by atoms with Crippen LogP contribution in [0.3, 0.4) is 0 Å². The molecule has 3 amide bonds. The van der Waals surface area contributed by atoms with Crippen molar-refractivity contribution in [2.75, 3.05) is 13.6 Å². The van der Waals surface area contributed by atoms with Gasteiger partial charge in [-0.25, -0.2) is 4.79 Å². The summed E-state index contributed by atoms with van der Waals surface area (Å²) in [6, 6.07) is 7.19. The first-order chi connectivity index (χ1) is 9.97. The van der Waals surface area contributed by atoms with Gasteiger partial charge in [-0.05, 0) is 38.1 Å². The van der Waals surface area contributed by atoms with Gasteiger partial charge in [0.25, 0.3) is 5.91 Å². The van der Waals surface area contributed by atoms with E-state index in [1.54, 1.807) is 13.0 Å². The maximum atomic E-state index is 11.7. The molecule has 2 unspecified atom stereocenters. The standard InChI is InChI=1S/C15H23N3O3/c1-5-17-10(2)12-7-6-8-13(9-12)21-11(3)14(19)18-15(20)16-4/h6-11,17H,5H2,1-4H3,(H2,16,18,19,20). The summed E-state index contributed by atoms with van der Waals surface area (Å²) in [5.74, 6) is 0.108. The van der Waals surface area contributed by atoms with Gasteiger partial charge < -0.3 is 15.4 Å². The molecule has 1 rings (SSSR count). The molecule has 6 nitrogen and oxygen atoms in total. The highest BCUT2D eigenvalue weighted by atomic mass is 16.5. The molecule has 0 radical (unpaired) electrons. The summed E-state index contributed by atoms with van der Waals surface area (Å²) in [6.45, 7) is 6.57. The number of hydrogen-bond acceptors (Lipinski definition) is 4. The van der Waals surface area contributed by atoms with Gasteiger partial charge in [0, 0.05) is 13.1 Å². The van der Waals surface area contributed by atoms with E-state index in [-0.39, 0.29) is 6.04 Å². The fraction of sp³-hybridized carbons (Fsp3) is 0.467. The first-order valence-electron chi connectivity index (χ1n) is 7.00. The van der Waals surface area contributed by atoms with Crippen LogP contribution in [0.4, 0.5) is 4.79 Å². The molecule has 0 saturated carbocycles. The zero-order valence-electron chi connectivity index (χ0n) is 12.9. The molecule has 1 aromatic rings. The molecule has 0 heterocycles. The number of carbonyl (C=O) groups excluding carboxylic acids is 2. The highest BCUT2D eigenvalue weighted by molar-refractivity contribution is 5.96. The Morgan fingerprint density at radius 3 is 2.62 bits per heavy atom. The smallest absolute Gasteiger partial charge is 0.321 e. The van der Waals surface area contributed by atoms with Crippen LogP contribution in [0.1, 0.15) is 32.4 Å². The average Bonchev–Trinajstić information content (AvgIpc) is 2.47. The van der Waals surface area contributed by atoms with E-state index < -0.39 is 18.0 Å². The summed E-state index contributed by atoms with van der Waals surface area (Å²) in [7, 11) is 1.44. The highest BCUT2D eigenvalue weighted by Crippen LogP contribution is 2.20. The fourth-order valence-electron chi connectivity index (χ4n) is 1.81. The molecular weight excluding hydrogens is 270 g/mol. The number of urea groups is 1. The van der Waals surface area contributed by atoms with E-state index in [1.165, 1.54) is 7.05 Å². The minimum atomic E-state index is -0.757. The molecule has 0 aliphatic rings. The molecule has 0 bridgehead atoms. The minimum Gasteiger partial charge on any atom is -0.481 e.